The van der Waals surface area contributed by atoms with Gasteiger partial charge in [-0.15, -0.1) is 0 Å². The van der Waals surface area contributed by atoms with Gasteiger partial charge in [-0.1, -0.05) is 6.07 Å². The number of rotatable bonds is 8. The molecule has 0 fully saturated rings. The van der Waals surface area contributed by atoms with Crippen LogP contribution in [-0.2, 0) is 4.74 Å². The Bertz CT molecular complexity index is 383. The van der Waals surface area contributed by atoms with Crippen molar-refractivity contribution in [1.82, 2.24) is 0 Å². The number of nitrogens with zero attached hydrogens (tertiary/aromatic N) is 1. The fraction of sp³-hybridized carbons (Fsp3) is 0.571. The summed E-state index contributed by atoms with van der Waals surface area (Å²) in [5.74, 6) is 0.674. The molecule has 3 N–H and O–H groups in total. The molecule has 0 aromatic heterocycles. The van der Waals surface area contributed by atoms with Gasteiger partial charge in [0.25, 0.3) is 0 Å². The molecule has 0 radical (unpaired) electrons. The first kappa shape index (κ1) is 15.6. The molecule has 0 unspecified atom stereocenters. The summed E-state index contributed by atoms with van der Waals surface area (Å²) in [4.78, 5) is 1.99. The molecule has 1 aromatic rings. The minimum atomic E-state index is 0.0679. The standard InChI is InChI=1S/C14H24N2O3/c1-11(2)19-13-6-4-5-12(14(13)15)16(7-9-17)8-10-18-3/h4-6,11,17H,7-10,15H2,1-3H3. The first-order valence-corrected chi connectivity index (χ1v) is 6.50. The van der Waals surface area contributed by atoms with Crippen molar-refractivity contribution < 1.29 is 14.6 Å². The number of anilines is 2. The third-order valence-electron chi connectivity index (χ3n) is 2.68. The summed E-state index contributed by atoms with van der Waals surface area (Å²) in [6.45, 7) is 5.75. The van der Waals surface area contributed by atoms with E-state index in [0.29, 0.717) is 31.1 Å². The van der Waals surface area contributed by atoms with Gasteiger partial charge < -0.3 is 25.2 Å². The molecule has 0 saturated heterocycles. The van der Waals surface area contributed by atoms with Crippen LogP contribution in [0.1, 0.15) is 13.8 Å². The molecule has 0 atom stereocenters. The Morgan fingerprint density at radius 2 is 2.05 bits per heavy atom. The Balaban J connectivity index is 2.95. The van der Waals surface area contributed by atoms with E-state index in [4.69, 9.17) is 20.3 Å². The maximum Gasteiger partial charge on any atom is 0.144 e. The van der Waals surface area contributed by atoms with Gasteiger partial charge in [0.1, 0.15) is 5.75 Å². The zero-order chi connectivity index (χ0) is 14.3. The van der Waals surface area contributed by atoms with Crippen molar-refractivity contribution in [1.29, 1.82) is 0 Å². The summed E-state index contributed by atoms with van der Waals surface area (Å²) in [6, 6.07) is 5.68. The lowest BCUT2D eigenvalue weighted by Crippen LogP contribution is -2.31. The molecule has 0 aliphatic carbocycles. The Kier molecular flexibility index (Phi) is 6.45. The zero-order valence-electron chi connectivity index (χ0n) is 11.9. The second-order valence-electron chi connectivity index (χ2n) is 4.56. The molecule has 0 aliphatic rings. The van der Waals surface area contributed by atoms with Gasteiger partial charge in [0.2, 0.25) is 0 Å². The lowest BCUT2D eigenvalue weighted by atomic mass is 10.2. The van der Waals surface area contributed by atoms with Crippen LogP contribution in [0.4, 0.5) is 11.4 Å². The van der Waals surface area contributed by atoms with Gasteiger partial charge in [-0.25, -0.2) is 0 Å². The molecule has 1 rings (SSSR count). The first-order valence-electron chi connectivity index (χ1n) is 6.50. The maximum atomic E-state index is 9.15. The number of benzene rings is 1. The smallest absolute Gasteiger partial charge is 0.144 e. The van der Waals surface area contributed by atoms with Gasteiger partial charge >= 0.3 is 0 Å². The topological polar surface area (TPSA) is 68.0 Å². The van der Waals surface area contributed by atoms with Crippen LogP contribution in [0.25, 0.3) is 0 Å². The second-order valence-corrected chi connectivity index (χ2v) is 4.56. The molecule has 5 heteroatoms. The third kappa shape index (κ3) is 4.61. The molecular formula is C14H24N2O3. The van der Waals surface area contributed by atoms with E-state index in [2.05, 4.69) is 0 Å². The van der Waals surface area contributed by atoms with E-state index in [1.165, 1.54) is 0 Å². The van der Waals surface area contributed by atoms with E-state index in [1.807, 2.05) is 36.9 Å². The van der Waals surface area contributed by atoms with Crippen molar-refractivity contribution in [3.05, 3.63) is 18.2 Å². The van der Waals surface area contributed by atoms with E-state index >= 15 is 0 Å². The number of ether oxygens (including phenoxy) is 2. The summed E-state index contributed by atoms with van der Waals surface area (Å²) in [5.41, 5.74) is 7.61. The molecular weight excluding hydrogens is 244 g/mol. The van der Waals surface area contributed by atoms with Crippen LogP contribution in [0.5, 0.6) is 5.75 Å². The van der Waals surface area contributed by atoms with Crippen LogP contribution in [0, 0.1) is 0 Å². The van der Waals surface area contributed by atoms with Gasteiger partial charge in [0, 0.05) is 20.2 Å². The molecule has 0 aliphatic heterocycles. The van der Waals surface area contributed by atoms with Gasteiger partial charge in [0.15, 0.2) is 0 Å². The zero-order valence-corrected chi connectivity index (χ0v) is 11.9. The molecule has 0 bridgehead atoms. The number of nitrogen functional groups attached to an aromatic ring is 1. The monoisotopic (exact) mass is 268 g/mol. The lowest BCUT2D eigenvalue weighted by molar-refractivity contribution is 0.203. The number of hydrogen-bond acceptors (Lipinski definition) is 5. The maximum absolute atomic E-state index is 9.15. The number of methoxy groups -OCH3 is 1. The van der Waals surface area contributed by atoms with Gasteiger partial charge in [-0.3, -0.25) is 0 Å². The fourth-order valence-electron chi connectivity index (χ4n) is 1.84. The van der Waals surface area contributed by atoms with Crippen molar-refractivity contribution in [2.75, 3.05) is 44.0 Å². The summed E-state index contributed by atoms with van der Waals surface area (Å²) in [7, 11) is 1.65. The summed E-state index contributed by atoms with van der Waals surface area (Å²) >= 11 is 0. The summed E-state index contributed by atoms with van der Waals surface area (Å²) < 4.78 is 10.8. The average molecular weight is 268 g/mol. The molecule has 1 aromatic carbocycles. The van der Waals surface area contributed by atoms with E-state index in [-0.39, 0.29) is 12.7 Å². The Hall–Kier alpha value is -1.46. The van der Waals surface area contributed by atoms with Gasteiger partial charge in [0.05, 0.1) is 30.7 Å². The van der Waals surface area contributed by atoms with Gasteiger partial charge in [-0.2, -0.15) is 0 Å². The van der Waals surface area contributed by atoms with E-state index < -0.39 is 0 Å². The highest BCUT2D eigenvalue weighted by atomic mass is 16.5. The highest BCUT2D eigenvalue weighted by Crippen LogP contribution is 2.32. The largest absolute Gasteiger partial charge is 0.489 e. The molecule has 0 amide bonds. The molecule has 19 heavy (non-hydrogen) atoms. The lowest BCUT2D eigenvalue weighted by Gasteiger charge is -2.26. The molecule has 0 spiro atoms. The molecule has 108 valence electrons. The van der Waals surface area contributed by atoms with Crippen LogP contribution < -0.4 is 15.4 Å². The number of hydrogen-bond donors (Lipinski definition) is 2. The highest BCUT2D eigenvalue weighted by Gasteiger charge is 2.13. The second kappa shape index (κ2) is 7.86. The summed E-state index contributed by atoms with van der Waals surface area (Å²) in [6.07, 6.45) is 0.0721. The molecule has 0 heterocycles. The molecule has 0 saturated carbocycles. The normalized spacial score (nSPS) is 10.8. The Morgan fingerprint density at radius 3 is 2.63 bits per heavy atom. The Labute approximate surface area is 114 Å². The first-order chi connectivity index (χ1) is 9.10. The number of nitrogens with two attached hydrogens (primary N) is 1. The predicted octanol–water partition coefficient (Wildman–Crippen LogP) is 1.50. The summed E-state index contributed by atoms with van der Waals surface area (Å²) in [5, 5.41) is 9.15. The van der Waals surface area contributed by atoms with Crippen molar-refractivity contribution in [2.45, 2.75) is 20.0 Å². The van der Waals surface area contributed by atoms with Crippen molar-refractivity contribution in [3.8, 4) is 5.75 Å². The van der Waals surface area contributed by atoms with Crippen LogP contribution in [-0.4, -0.2) is 44.6 Å². The highest BCUT2D eigenvalue weighted by molar-refractivity contribution is 5.74. The number of aliphatic hydroxyl groups excluding tert-OH is 1. The third-order valence-corrected chi connectivity index (χ3v) is 2.68. The van der Waals surface area contributed by atoms with E-state index in [9.17, 15) is 0 Å². The Morgan fingerprint density at radius 1 is 1.32 bits per heavy atom. The van der Waals surface area contributed by atoms with Crippen LogP contribution in [0.2, 0.25) is 0 Å². The van der Waals surface area contributed by atoms with Crippen LogP contribution in [0.3, 0.4) is 0 Å². The van der Waals surface area contributed by atoms with Gasteiger partial charge in [-0.05, 0) is 26.0 Å². The van der Waals surface area contributed by atoms with E-state index in [0.717, 1.165) is 5.69 Å². The van der Waals surface area contributed by atoms with Crippen molar-refractivity contribution in [2.24, 2.45) is 0 Å². The SMILES string of the molecule is COCCN(CCO)c1cccc(OC(C)C)c1N. The predicted molar refractivity (Wildman–Crippen MR) is 77.8 cm³/mol. The van der Waals surface area contributed by atoms with Crippen LogP contribution >= 0.6 is 0 Å². The fourth-order valence-corrected chi connectivity index (χ4v) is 1.84. The average Bonchev–Trinajstić information content (AvgIpc) is 2.37. The van der Waals surface area contributed by atoms with Crippen molar-refractivity contribution >= 4 is 11.4 Å². The minimum absolute atomic E-state index is 0.0679. The minimum Gasteiger partial charge on any atom is -0.489 e. The van der Waals surface area contributed by atoms with Crippen molar-refractivity contribution in [3.63, 3.8) is 0 Å². The number of aliphatic hydroxyl groups is 1. The van der Waals surface area contributed by atoms with E-state index in [1.54, 1.807) is 7.11 Å². The number of para-hydroxylation sites is 1. The molecule has 5 nitrogen and oxygen atoms in total. The van der Waals surface area contributed by atoms with Crippen LogP contribution in [0.15, 0.2) is 18.2 Å². The quantitative estimate of drug-likeness (QED) is 0.699.